The quantitative estimate of drug-likeness (QED) is 0.667. The number of hydrogen-bond donors (Lipinski definition) is 0. The first-order chi connectivity index (χ1) is 7.39. The van der Waals surface area contributed by atoms with E-state index in [9.17, 15) is 12.9 Å². The molecule has 88 valence electrons. The van der Waals surface area contributed by atoms with E-state index in [4.69, 9.17) is 0 Å². The second-order valence-corrected chi connectivity index (χ2v) is 3.73. The molecule has 0 spiro atoms. The topological polar surface area (TPSA) is 16.1 Å². The normalized spacial score (nSPS) is 11.1. The van der Waals surface area contributed by atoms with Crippen molar-refractivity contribution in [2.24, 2.45) is 0 Å². The molecule has 0 atom stereocenters. The summed E-state index contributed by atoms with van der Waals surface area (Å²) in [5.74, 6) is 0. The summed E-state index contributed by atoms with van der Waals surface area (Å²) in [4.78, 5) is 5.58. The van der Waals surface area contributed by atoms with Crippen molar-refractivity contribution in [3.8, 4) is 0 Å². The van der Waals surface area contributed by atoms with E-state index in [1.165, 1.54) is 0 Å². The van der Waals surface area contributed by atoms with Gasteiger partial charge in [0.15, 0.2) is 0 Å². The number of hydrogen-bond acceptors (Lipinski definition) is 2. The van der Waals surface area contributed by atoms with Crippen LogP contribution in [-0.4, -0.2) is 30.5 Å². The zero-order valence-corrected chi connectivity index (χ0v) is 13.2. The van der Waals surface area contributed by atoms with E-state index in [1.807, 2.05) is 0 Å². The first kappa shape index (κ1) is 17.3. The minimum absolute atomic E-state index is 0. The third kappa shape index (κ3) is 6.73. The molecular weight excluding hydrogens is 255 g/mol. The Hall–Kier alpha value is 0.341. The second-order valence-electron chi connectivity index (χ2n) is 3.73. The summed E-state index contributed by atoms with van der Waals surface area (Å²) in [7, 11) is 1.61. The Bertz CT molecular complexity index is 356. The Morgan fingerprint density at radius 2 is 2.06 bits per heavy atom. The fraction of sp³-hybridized carbons (Fsp3) is 0.300. The van der Waals surface area contributed by atoms with Crippen molar-refractivity contribution in [2.75, 3.05) is 13.6 Å². The molecule has 0 radical (unpaired) electrons. The van der Waals surface area contributed by atoms with Crippen molar-refractivity contribution < 1.29 is 64.3 Å². The fourth-order valence-electron chi connectivity index (χ4n) is 1.27. The van der Waals surface area contributed by atoms with Gasteiger partial charge in [0.05, 0.1) is 5.69 Å². The van der Waals surface area contributed by atoms with Crippen LogP contribution < -0.4 is 51.4 Å². The van der Waals surface area contributed by atoms with E-state index in [2.05, 4.69) is 11.6 Å². The Morgan fingerprint density at radius 3 is 2.53 bits per heavy atom. The average molecular weight is 268 g/mol. The molecule has 0 aliphatic heterocycles. The molecule has 2 nitrogen and oxygen atoms in total. The third-order valence-electron chi connectivity index (χ3n) is 2.09. The molecule has 17 heavy (non-hydrogen) atoms. The summed E-state index contributed by atoms with van der Waals surface area (Å²) in [5.41, 5.74) is 0.0610. The van der Waals surface area contributed by atoms with Gasteiger partial charge < -0.3 is 12.9 Å². The molecule has 0 unspecified atom stereocenters. The van der Waals surface area contributed by atoms with E-state index in [1.54, 1.807) is 36.3 Å². The number of nitrogens with zero attached hydrogens (tertiary/aromatic N) is 2. The van der Waals surface area contributed by atoms with E-state index in [-0.39, 0.29) is 57.9 Å². The molecule has 1 aromatic heterocycles. The molecule has 0 N–H and O–H groups in total. The van der Waals surface area contributed by atoms with Gasteiger partial charge in [0.1, 0.15) is 0 Å². The third-order valence-corrected chi connectivity index (χ3v) is 2.09. The van der Waals surface area contributed by atoms with Gasteiger partial charge in [-0.25, -0.2) is 0 Å². The molecular formula is C10H13BF3KN2. The predicted molar refractivity (Wildman–Crippen MR) is 58.8 cm³/mol. The molecule has 0 fully saturated rings. The summed E-state index contributed by atoms with van der Waals surface area (Å²) >= 11 is 0. The fourth-order valence-corrected chi connectivity index (χ4v) is 1.27. The number of halogens is 3. The smallest absolute Gasteiger partial charge is 0.445 e. The van der Waals surface area contributed by atoms with Crippen molar-refractivity contribution in [1.82, 2.24) is 9.88 Å². The Balaban J connectivity index is 0.00000256. The Kier molecular flexibility index (Phi) is 7.86. The van der Waals surface area contributed by atoms with Crippen LogP contribution in [0.1, 0.15) is 5.69 Å². The average Bonchev–Trinajstić information content (AvgIpc) is 2.17. The minimum atomic E-state index is -4.94. The maximum absolute atomic E-state index is 12.3. The first-order valence-corrected chi connectivity index (χ1v) is 4.85. The summed E-state index contributed by atoms with van der Waals surface area (Å²) in [6.07, 6.45) is 1.62. The summed E-state index contributed by atoms with van der Waals surface area (Å²) < 4.78 is 36.8. The molecule has 1 aromatic rings. The van der Waals surface area contributed by atoms with Gasteiger partial charge in [0.25, 0.3) is 0 Å². The zero-order valence-electron chi connectivity index (χ0n) is 10.0. The van der Waals surface area contributed by atoms with Gasteiger partial charge in [0.2, 0.25) is 0 Å². The van der Waals surface area contributed by atoms with Crippen molar-refractivity contribution >= 4 is 6.98 Å². The summed E-state index contributed by atoms with van der Waals surface area (Å²) in [5, 5.41) is 0. The van der Waals surface area contributed by atoms with Crippen LogP contribution in [0.2, 0.25) is 0 Å². The standard InChI is InChI=1S/C10H13BF3N2.K/c1-9(11(12,13)14)7-16(2)8-10-5-3-4-6-15-10;/h3-6H,1,7-8H2,2H3;/q-1;+1. The maximum atomic E-state index is 12.3. The maximum Gasteiger partial charge on any atom is 1.00 e. The van der Waals surface area contributed by atoms with Gasteiger partial charge in [-0.1, -0.05) is 6.07 Å². The van der Waals surface area contributed by atoms with Crippen molar-refractivity contribution in [3.63, 3.8) is 0 Å². The summed E-state index contributed by atoms with van der Waals surface area (Å²) in [6.45, 7) is -1.69. The van der Waals surface area contributed by atoms with E-state index in [0.717, 1.165) is 5.69 Å². The summed E-state index contributed by atoms with van der Waals surface area (Å²) in [6, 6.07) is 5.35. The molecule has 0 saturated heterocycles. The van der Waals surface area contributed by atoms with Crippen LogP contribution in [0.25, 0.3) is 0 Å². The molecule has 0 amide bonds. The van der Waals surface area contributed by atoms with Crippen LogP contribution in [0, 0.1) is 0 Å². The van der Waals surface area contributed by atoms with Crippen molar-refractivity contribution in [3.05, 3.63) is 42.1 Å². The Labute approximate surface area is 142 Å². The van der Waals surface area contributed by atoms with Gasteiger partial charge in [0, 0.05) is 12.7 Å². The van der Waals surface area contributed by atoms with Crippen molar-refractivity contribution in [2.45, 2.75) is 6.54 Å². The zero-order chi connectivity index (χ0) is 12.2. The molecule has 1 rings (SSSR count). The molecule has 0 aromatic carbocycles. The molecule has 7 heteroatoms. The molecule has 0 bridgehead atoms. The number of pyridine rings is 1. The first-order valence-electron chi connectivity index (χ1n) is 4.85. The second kappa shape index (κ2) is 7.71. The van der Waals surface area contributed by atoms with Crippen LogP contribution in [0.5, 0.6) is 0 Å². The largest absolute Gasteiger partial charge is 1.00 e. The predicted octanol–water partition coefficient (Wildman–Crippen LogP) is -0.540. The molecule has 0 saturated carbocycles. The molecule has 1 heterocycles. The number of likely N-dealkylation sites (N-methyl/N-ethyl adjacent to an activating group) is 1. The molecule has 0 aliphatic rings. The van der Waals surface area contributed by atoms with E-state index >= 15 is 0 Å². The number of aromatic nitrogens is 1. The van der Waals surface area contributed by atoms with Crippen LogP contribution in [0.15, 0.2) is 36.4 Å². The van der Waals surface area contributed by atoms with Crippen LogP contribution in [-0.2, 0) is 6.54 Å². The molecule has 0 aliphatic carbocycles. The van der Waals surface area contributed by atoms with Crippen LogP contribution in [0.4, 0.5) is 12.9 Å². The van der Waals surface area contributed by atoms with Gasteiger partial charge >= 0.3 is 58.4 Å². The minimum Gasteiger partial charge on any atom is -0.445 e. The number of rotatable bonds is 5. The van der Waals surface area contributed by atoms with Gasteiger partial charge in [-0.2, -0.15) is 0 Å². The van der Waals surface area contributed by atoms with Gasteiger partial charge in [-0.3, -0.25) is 9.88 Å². The van der Waals surface area contributed by atoms with Gasteiger partial charge in [-0.15, -0.1) is 12.1 Å². The SMILES string of the molecule is C=C(CN(C)Cc1ccccn1)[B-](F)(F)F.[K+]. The van der Waals surface area contributed by atoms with Crippen LogP contribution >= 0.6 is 0 Å². The van der Waals surface area contributed by atoms with Gasteiger partial charge in [-0.05, 0) is 25.7 Å². The Morgan fingerprint density at radius 1 is 1.41 bits per heavy atom. The monoisotopic (exact) mass is 268 g/mol. The van der Waals surface area contributed by atoms with E-state index < -0.39 is 12.4 Å². The van der Waals surface area contributed by atoms with Crippen LogP contribution in [0.3, 0.4) is 0 Å². The van der Waals surface area contributed by atoms with Crippen molar-refractivity contribution in [1.29, 1.82) is 0 Å². The van der Waals surface area contributed by atoms with E-state index in [0.29, 0.717) is 6.54 Å².